The predicted octanol–water partition coefficient (Wildman–Crippen LogP) is 4.29. The predicted molar refractivity (Wildman–Crippen MR) is 108 cm³/mol. The summed E-state index contributed by atoms with van der Waals surface area (Å²) in [6.07, 6.45) is 2.91. The molecule has 1 atom stereocenters. The van der Waals surface area contributed by atoms with E-state index in [4.69, 9.17) is 14.2 Å². The molecule has 0 unspecified atom stereocenters. The summed E-state index contributed by atoms with van der Waals surface area (Å²) < 4.78 is 40.3. The fourth-order valence-corrected chi connectivity index (χ4v) is 3.39. The topological polar surface area (TPSA) is 77.6 Å². The largest absolute Gasteiger partial charge is 0.488 e. The van der Waals surface area contributed by atoms with E-state index in [2.05, 4.69) is 4.98 Å². The summed E-state index contributed by atoms with van der Waals surface area (Å²) in [5.74, 6) is 1.78. The molecule has 3 rings (SSSR count). The molecular formula is C21H23NO5S. The number of hydrogen-bond acceptors (Lipinski definition) is 5. The Morgan fingerprint density at radius 3 is 2.36 bits per heavy atom. The molecule has 7 heteroatoms. The number of methoxy groups -OCH3 is 1. The Morgan fingerprint density at radius 2 is 1.75 bits per heavy atom. The molecule has 1 N–H and O–H groups in total. The molecule has 0 aliphatic carbocycles. The molecule has 0 spiro atoms. The minimum Gasteiger partial charge on any atom is -0.488 e. The fourth-order valence-electron chi connectivity index (χ4n) is 2.76. The van der Waals surface area contributed by atoms with Crippen LogP contribution in [-0.4, -0.2) is 39.5 Å². The summed E-state index contributed by atoms with van der Waals surface area (Å²) in [6.45, 7) is 2.40. The van der Waals surface area contributed by atoms with Crippen molar-refractivity contribution in [2.75, 3.05) is 20.0 Å². The van der Waals surface area contributed by atoms with E-state index in [0.29, 0.717) is 23.9 Å². The number of nitrogens with one attached hydrogen (secondary N) is 1. The lowest BCUT2D eigenvalue weighted by atomic mass is 10.1. The van der Waals surface area contributed by atoms with Crippen molar-refractivity contribution in [3.05, 3.63) is 60.8 Å². The molecule has 148 valence electrons. The molecule has 0 saturated heterocycles. The van der Waals surface area contributed by atoms with E-state index in [1.807, 2.05) is 43.5 Å². The molecule has 1 aromatic heterocycles. The summed E-state index contributed by atoms with van der Waals surface area (Å²) in [5.41, 5.74) is 1.77. The molecule has 0 amide bonds. The molecule has 6 nitrogen and oxygen atoms in total. The van der Waals surface area contributed by atoms with Crippen LogP contribution in [0.15, 0.2) is 65.7 Å². The Labute approximate surface area is 165 Å². The third-order valence-electron chi connectivity index (χ3n) is 4.06. The van der Waals surface area contributed by atoms with Gasteiger partial charge in [-0.25, -0.2) is 8.42 Å². The van der Waals surface area contributed by atoms with Gasteiger partial charge in [0.2, 0.25) is 0 Å². The van der Waals surface area contributed by atoms with E-state index in [9.17, 15) is 8.42 Å². The lowest BCUT2D eigenvalue weighted by Gasteiger charge is -2.16. The van der Waals surface area contributed by atoms with Crippen molar-refractivity contribution in [2.45, 2.75) is 17.9 Å². The van der Waals surface area contributed by atoms with Crippen LogP contribution in [0.2, 0.25) is 0 Å². The van der Waals surface area contributed by atoms with Crippen molar-refractivity contribution in [3.63, 3.8) is 0 Å². The van der Waals surface area contributed by atoms with Crippen LogP contribution in [0.4, 0.5) is 0 Å². The van der Waals surface area contributed by atoms with Gasteiger partial charge >= 0.3 is 0 Å². The van der Waals surface area contributed by atoms with Crippen molar-refractivity contribution < 1.29 is 22.6 Å². The minimum atomic E-state index is -3.25. The van der Waals surface area contributed by atoms with E-state index < -0.39 is 9.84 Å². The number of ether oxygens (including phenoxy) is 3. The van der Waals surface area contributed by atoms with Gasteiger partial charge in [0.05, 0.1) is 11.5 Å². The standard InChI is InChI=1S/C21H23NO5S/c1-15(14-25-2)26-17-8-11-19(20-5-4-12-22-20)21(13-17)27-16-6-9-18(10-7-16)28(3,23)24/h4-13,15,22H,14H2,1-3H3/t15-/m0/s1. The molecule has 0 aliphatic heterocycles. The van der Waals surface area contributed by atoms with E-state index in [-0.39, 0.29) is 11.0 Å². The van der Waals surface area contributed by atoms with Gasteiger partial charge in [0, 0.05) is 36.9 Å². The first kappa shape index (κ1) is 20.0. The van der Waals surface area contributed by atoms with Crippen molar-refractivity contribution in [1.29, 1.82) is 0 Å². The van der Waals surface area contributed by atoms with Crippen LogP contribution in [-0.2, 0) is 14.6 Å². The van der Waals surface area contributed by atoms with Gasteiger partial charge in [0.25, 0.3) is 0 Å². The summed E-state index contributed by atoms with van der Waals surface area (Å²) in [5, 5.41) is 0. The molecule has 28 heavy (non-hydrogen) atoms. The van der Waals surface area contributed by atoms with E-state index in [1.165, 1.54) is 18.4 Å². The number of aromatic amines is 1. The number of benzene rings is 2. The normalized spacial score (nSPS) is 12.5. The summed E-state index contributed by atoms with van der Waals surface area (Å²) >= 11 is 0. The maximum absolute atomic E-state index is 11.6. The molecule has 0 saturated carbocycles. The Kier molecular flexibility index (Phi) is 6.06. The molecule has 0 aliphatic rings. The van der Waals surface area contributed by atoms with Crippen molar-refractivity contribution >= 4 is 9.84 Å². The average Bonchev–Trinajstić information content (AvgIpc) is 3.16. The second-order valence-electron chi connectivity index (χ2n) is 6.47. The van der Waals surface area contributed by atoms with Crippen LogP contribution in [0.5, 0.6) is 17.2 Å². The van der Waals surface area contributed by atoms with Gasteiger partial charge in [-0.3, -0.25) is 0 Å². The highest BCUT2D eigenvalue weighted by Gasteiger charge is 2.13. The van der Waals surface area contributed by atoms with Crippen LogP contribution < -0.4 is 9.47 Å². The second kappa shape index (κ2) is 8.50. The zero-order valence-electron chi connectivity index (χ0n) is 16.0. The van der Waals surface area contributed by atoms with Crippen LogP contribution in [0.3, 0.4) is 0 Å². The fraction of sp³-hybridized carbons (Fsp3) is 0.238. The monoisotopic (exact) mass is 401 g/mol. The number of aromatic nitrogens is 1. The van der Waals surface area contributed by atoms with Crippen molar-refractivity contribution in [1.82, 2.24) is 4.98 Å². The zero-order chi connectivity index (χ0) is 20.1. The number of hydrogen-bond donors (Lipinski definition) is 1. The molecule has 2 aromatic carbocycles. The van der Waals surface area contributed by atoms with Gasteiger partial charge in [-0.1, -0.05) is 0 Å². The van der Waals surface area contributed by atoms with E-state index >= 15 is 0 Å². The van der Waals surface area contributed by atoms with Crippen LogP contribution in [0.25, 0.3) is 11.3 Å². The Balaban J connectivity index is 1.92. The van der Waals surface area contributed by atoms with Crippen LogP contribution >= 0.6 is 0 Å². The van der Waals surface area contributed by atoms with E-state index in [0.717, 1.165) is 11.3 Å². The number of sulfone groups is 1. The zero-order valence-corrected chi connectivity index (χ0v) is 16.8. The van der Waals surface area contributed by atoms with Crippen molar-refractivity contribution in [3.8, 4) is 28.5 Å². The Bertz CT molecular complexity index is 1010. The molecule has 1 heterocycles. The summed E-state index contributed by atoms with van der Waals surface area (Å²) in [6, 6.07) is 15.8. The first-order valence-corrected chi connectivity index (χ1v) is 10.7. The van der Waals surface area contributed by atoms with Crippen molar-refractivity contribution in [2.24, 2.45) is 0 Å². The molecule has 0 radical (unpaired) electrons. The van der Waals surface area contributed by atoms with Gasteiger partial charge in [-0.2, -0.15) is 0 Å². The third-order valence-corrected chi connectivity index (χ3v) is 5.19. The van der Waals surface area contributed by atoms with Gasteiger partial charge in [0.15, 0.2) is 9.84 Å². The second-order valence-corrected chi connectivity index (χ2v) is 8.49. The minimum absolute atomic E-state index is 0.108. The third kappa shape index (κ3) is 4.94. The Hall–Kier alpha value is -2.77. The average molecular weight is 401 g/mol. The van der Waals surface area contributed by atoms with Crippen LogP contribution in [0.1, 0.15) is 6.92 Å². The highest BCUT2D eigenvalue weighted by atomic mass is 32.2. The first-order chi connectivity index (χ1) is 13.4. The van der Waals surface area contributed by atoms with Gasteiger partial charge in [-0.05, 0) is 55.5 Å². The van der Waals surface area contributed by atoms with Gasteiger partial charge in [-0.15, -0.1) is 0 Å². The summed E-state index contributed by atoms with van der Waals surface area (Å²) in [7, 11) is -1.63. The highest BCUT2D eigenvalue weighted by molar-refractivity contribution is 7.90. The van der Waals surface area contributed by atoms with Crippen LogP contribution in [0, 0.1) is 0 Å². The quantitative estimate of drug-likeness (QED) is 0.609. The first-order valence-electron chi connectivity index (χ1n) is 8.78. The number of rotatable bonds is 8. The highest BCUT2D eigenvalue weighted by Crippen LogP contribution is 2.36. The number of H-pyrrole nitrogens is 1. The van der Waals surface area contributed by atoms with Gasteiger partial charge in [0.1, 0.15) is 23.4 Å². The van der Waals surface area contributed by atoms with E-state index in [1.54, 1.807) is 19.2 Å². The maximum Gasteiger partial charge on any atom is 0.175 e. The Morgan fingerprint density at radius 1 is 1.04 bits per heavy atom. The molecule has 3 aromatic rings. The summed E-state index contributed by atoms with van der Waals surface area (Å²) in [4.78, 5) is 3.41. The maximum atomic E-state index is 11.6. The molecular weight excluding hydrogens is 378 g/mol. The SMILES string of the molecule is COC[C@H](C)Oc1ccc(-c2ccc[nH]2)c(Oc2ccc(S(C)(=O)=O)cc2)c1. The lowest BCUT2D eigenvalue weighted by molar-refractivity contribution is 0.0919. The molecule has 0 fully saturated rings. The van der Waals surface area contributed by atoms with Gasteiger partial charge < -0.3 is 19.2 Å². The molecule has 0 bridgehead atoms. The lowest BCUT2D eigenvalue weighted by Crippen LogP contribution is -2.17. The smallest absolute Gasteiger partial charge is 0.175 e.